The van der Waals surface area contributed by atoms with Gasteiger partial charge in [-0.1, -0.05) is 6.07 Å². The van der Waals surface area contributed by atoms with Gasteiger partial charge in [0.25, 0.3) is 0 Å². The molecule has 106 valence electrons. The topological polar surface area (TPSA) is 59.6 Å². The number of urea groups is 1. The molecule has 0 radical (unpaired) electrons. The van der Waals surface area contributed by atoms with Crippen LogP contribution in [0.2, 0.25) is 0 Å². The Morgan fingerprint density at radius 2 is 2.16 bits per heavy atom. The quantitative estimate of drug-likeness (QED) is 0.746. The van der Waals surface area contributed by atoms with Crippen LogP contribution in [0.5, 0.6) is 5.75 Å². The van der Waals surface area contributed by atoms with E-state index in [1.807, 2.05) is 32.0 Å². The van der Waals surface area contributed by atoms with Crippen molar-refractivity contribution in [1.82, 2.24) is 5.32 Å². The Labute approximate surface area is 114 Å². The Balaban J connectivity index is 2.23. The minimum absolute atomic E-state index is 0.224. The SMILES string of the molecule is COc1cccc(NC(=O)NCCCOC(C)C)c1. The van der Waals surface area contributed by atoms with E-state index in [2.05, 4.69) is 10.6 Å². The zero-order valence-corrected chi connectivity index (χ0v) is 11.7. The lowest BCUT2D eigenvalue weighted by atomic mass is 10.3. The van der Waals surface area contributed by atoms with Gasteiger partial charge < -0.3 is 20.1 Å². The molecule has 0 saturated carbocycles. The van der Waals surface area contributed by atoms with E-state index in [0.29, 0.717) is 24.6 Å². The van der Waals surface area contributed by atoms with Crippen molar-refractivity contribution in [3.8, 4) is 5.75 Å². The van der Waals surface area contributed by atoms with Crippen LogP contribution < -0.4 is 15.4 Å². The molecule has 2 N–H and O–H groups in total. The van der Waals surface area contributed by atoms with Gasteiger partial charge in [-0.05, 0) is 32.4 Å². The van der Waals surface area contributed by atoms with Crippen LogP contribution in [-0.2, 0) is 4.74 Å². The van der Waals surface area contributed by atoms with Gasteiger partial charge in [-0.2, -0.15) is 0 Å². The first-order valence-electron chi connectivity index (χ1n) is 6.42. The molecule has 0 bridgehead atoms. The molecule has 19 heavy (non-hydrogen) atoms. The second-order valence-electron chi connectivity index (χ2n) is 4.39. The molecular formula is C14H22N2O3. The summed E-state index contributed by atoms with van der Waals surface area (Å²) in [7, 11) is 1.59. The Hall–Kier alpha value is -1.75. The van der Waals surface area contributed by atoms with E-state index in [4.69, 9.17) is 9.47 Å². The molecule has 5 nitrogen and oxygen atoms in total. The molecule has 0 atom stereocenters. The summed E-state index contributed by atoms with van der Waals surface area (Å²) in [6.45, 7) is 5.21. The third-order valence-electron chi connectivity index (χ3n) is 2.39. The number of hydrogen-bond donors (Lipinski definition) is 2. The van der Waals surface area contributed by atoms with Crippen molar-refractivity contribution in [2.45, 2.75) is 26.4 Å². The summed E-state index contributed by atoms with van der Waals surface area (Å²) < 4.78 is 10.5. The second kappa shape index (κ2) is 8.37. The van der Waals surface area contributed by atoms with Gasteiger partial charge >= 0.3 is 6.03 Å². The van der Waals surface area contributed by atoms with Gasteiger partial charge in [-0.25, -0.2) is 4.79 Å². The van der Waals surface area contributed by atoms with Gasteiger partial charge in [0.15, 0.2) is 0 Å². The van der Waals surface area contributed by atoms with Crippen molar-refractivity contribution in [3.63, 3.8) is 0 Å². The van der Waals surface area contributed by atoms with E-state index in [9.17, 15) is 4.79 Å². The molecule has 2 amide bonds. The van der Waals surface area contributed by atoms with Crippen LogP contribution >= 0.6 is 0 Å². The first-order chi connectivity index (χ1) is 9.11. The maximum absolute atomic E-state index is 11.6. The van der Waals surface area contributed by atoms with Crippen LogP contribution in [0, 0.1) is 0 Å². The van der Waals surface area contributed by atoms with E-state index in [-0.39, 0.29) is 12.1 Å². The number of nitrogens with one attached hydrogen (secondary N) is 2. The number of benzene rings is 1. The lowest BCUT2D eigenvalue weighted by molar-refractivity contribution is 0.0775. The number of carbonyl (C=O) groups is 1. The molecule has 0 aliphatic rings. The van der Waals surface area contributed by atoms with Gasteiger partial charge in [0.2, 0.25) is 0 Å². The fourth-order valence-corrected chi connectivity index (χ4v) is 1.47. The highest BCUT2D eigenvalue weighted by Crippen LogP contribution is 2.16. The largest absolute Gasteiger partial charge is 0.497 e. The predicted molar refractivity (Wildman–Crippen MR) is 75.7 cm³/mol. The number of carbonyl (C=O) groups excluding carboxylic acids is 1. The molecule has 1 aromatic carbocycles. The molecule has 0 fully saturated rings. The summed E-state index contributed by atoms with van der Waals surface area (Å²) >= 11 is 0. The highest BCUT2D eigenvalue weighted by atomic mass is 16.5. The molecule has 0 spiro atoms. The monoisotopic (exact) mass is 266 g/mol. The summed E-state index contributed by atoms with van der Waals surface area (Å²) in [5.74, 6) is 0.711. The van der Waals surface area contributed by atoms with Crippen molar-refractivity contribution >= 4 is 11.7 Å². The second-order valence-corrected chi connectivity index (χ2v) is 4.39. The van der Waals surface area contributed by atoms with Crippen molar-refractivity contribution in [2.75, 3.05) is 25.6 Å². The number of anilines is 1. The maximum Gasteiger partial charge on any atom is 0.319 e. The Morgan fingerprint density at radius 3 is 2.84 bits per heavy atom. The minimum atomic E-state index is -0.224. The summed E-state index contributed by atoms with van der Waals surface area (Å²) in [5.41, 5.74) is 0.704. The van der Waals surface area contributed by atoms with Crippen LogP contribution in [0.4, 0.5) is 10.5 Å². The first kappa shape index (κ1) is 15.3. The average Bonchev–Trinajstić information content (AvgIpc) is 2.38. The summed E-state index contributed by atoms with van der Waals surface area (Å²) in [5, 5.41) is 5.52. The Morgan fingerprint density at radius 1 is 1.37 bits per heavy atom. The molecule has 0 aliphatic heterocycles. The van der Waals surface area contributed by atoms with E-state index in [1.165, 1.54) is 0 Å². The van der Waals surface area contributed by atoms with Crippen molar-refractivity contribution in [2.24, 2.45) is 0 Å². The highest BCUT2D eigenvalue weighted by Gasteiger charge is 2.02. The maximum atomic E-state index is 11.6. The molecule has 0 saturated heterocycles. The van der Waals surface area contributed by atoms with Crippen LogP contribution in [0.1, 0.15) is 20.3 Å². The van der Waals surface area contributed by atoms with E-state index in [0.717, 1.165) is 6.42 Å². The number of ether oxygens (including phenoxy) is 2. The van der Waals surface area contributed by atoms with Crippen LogP contribution in [0.25, 0.3) is 0 Å². The third kappa shape index (κ3) is 6.67. The summed E-state index contributed by atoms with van der Waals surface area (Å²) in [4.78, 5) is 11.6. The smallest absolute Gasteiger partial charge is 0.319 e. The van der Waals surface area contributed by atoms with Gasteiger partial charge in [0, 0.05) is 24.9 Å². The molecule has 1 aromatic rings. The average molecular weight is 266 g/mol. The molecule has 1 rings (SSSR count). The molecular weight excluding hydrogens is 244 g/mol. The highest BCUT2D eigenvalue weighted by molar-refractivity contribution is 5.89. The van der Waals surface area contributed by atoms with Gasteiger partial charge in [0.05, 0.1) is 13.2 Å². The lowest BCUT2D eigenvalue weighted by Gasteiger charge is -2.10. The van der Waals surface area contributed by atoms with Crippen molar-refractivity contribution < 1.29 is 14.3 Å². The minimum Gasteiger partial charge on any atom is -0.497 e. The van der Waals surface area contributed by atoms with Gasteiger partial charge in [-0.15, -0.1) is 0 Å². The standard InChI is InChI=1S/C14H22N2O3/c1-11(2)19-9-5-8-15-14(17)16-12-6-4-7-13(10-12)18-3/h4,6-7,10-11H,5,8-9H2,1-3H3,(H2,15,16,17). The summed E-state index contributed by atoms with van der Waals surface area (Å²) in [6, 6.07) is 7.00. The van der Waals surface area contributed by atoms with Crippen LogP contribution in [0.3, 0.4) is 0 Å². The van der Waals surface area contributed by atoms with E-state index in [1.54, 1.807) is 13.2 Å². The van der Waals surface area contributed by atoms with Crippen LogP contribution in [0.15, 0.2) is 24.3 Å². The predicted octanol–water partition coefficient (Wildman–Crippen LogP) is 2.63. The van der Waals surface area contributed by atoms with Gasteiger partial charge in [0.1, 0.15) is 5.75 Å². The van der Waals surface area contributed by atoms with Crippen molar-refractivity contribution in [1.29, 1.82) is 0 Å². The first-order valence-corrected chi connectivity index (χ1v) is 6.42. The molecule has 0 unspecified atom stereocenters. The number of amides is 2. The van der Waals surface area contributed by atoms with E-state index < -0.39 is 0 Å². The zero-order valence-electron chi connectivity index (χ0n) is 11.7. The van der Waals surface area contributed by atoms with Gasteiger partial charge in [-0.3, -0.25) is 0 Å². The summed E-state index contributed by atoms with van der Waals surface area (Å²) in [6.07, 6.45) is 1.02. The molecule has 0 heterocycles. The number of rotatable bonds is 7. The Kier molecular flexibility index (Phi) is 6.74. The number of methoxy groups -OCH3 is 1. The molecule has 0 aliphatic carbocycles. The third-order valence-corrected chi connectivity index (χ3v) is 2.39. The van der Waals surface area contributed by atoms with Crippen LogP contribution in [-0.4, -0.2) is 32.4 Å². The van der Waals surface area contributed by atoms with E-state index >= 15 is 0 Å². The lowest BCUT2D eigenvalue weighted by Crippen LogP contribution is -2.30. The normalized spacial score (nSPS) is 10.3. The molecule has 0 aromatic heterocycles. The number of hydrogen-bond acceptors (Lipinski definition) is 3. The molecule has 5 heteroatoms. The fraction of sp³-hybridized carbons (Fsp3) is 0.500. The fourth-order valence-electron chi connectivity index (χ4n) is 1.47. The van der Waals surface area contributed by atoms with Crippen molar-refractivity contribution in [3.05, 3.63) is 24.3 Å². The zero-order chi connectivity index (χ0) is 14.1. The Bertz CT molecular complexity index is 394.